The second kappa shape index (κ2) is 11.1. The molecule has 7 nitrogen and oxygen atoms in total. The molecule has 0 spiro atoms. The summed E-state index contributed by atoms with van der Waals surface area (Å²) in [6, 6.07) is 9.74. The van der Waals surface area contributed by atoms with Crippen molar-refractivity contribution < 1.29 is 28.2 Å². The Balaban J connectivity index is 1.84. The Morgan fingerprint density at radius 1 is 1.10 bits per heavy atom. The molecule has 0 aliphatic rings. The molecule has 0 fully saturated rings. The number of rotatable bonds is 8. The van der Waals surface area contributed by atoms with E-state index in [0.29, 0.717) is 5.75 Å². The van der Waals surface area contributed by atoms with Gasteiger partial charge in [-0.2, -0.15) is 0 Å². The molecule has 2 aromatic carbocycles. The maximum Gasteiger partial charge on any atom is 0.329 e. The van der Waals surface area contributed by atoms with Gasteiger partial charge in [0.15, 0.2) is 6.10 Å². The molecule has 0 saturated heterocycles. The fourth-order valence-electron chi connectivity index (χ4n) is 2.35. The lowest BCUT2D eigenvalue weighted by molar-refractivity contribution is -0.155. The summed E-state index contributed by atoms with van der Waals surface area (Å²) < 4.78 is 23.3. The molecule has 0 aromatic heterocycles. The molecular formula is C22H22ClFN2O5. The number of carbonyl (C=O) groups excluding carboxylic acids is 3. The molecule has 0 bridgehead atoms. The van der Waals surface area contributed by atoms with Crippen LogP contribution in [0.3, 0.4) is 0 Å². The van der Waals surface area contributed by atoms with E-state index >= 15 is 0 Å². The molecule has 2 N–H and O–H groups in total. The molecule has 0 aliphatic carbocycles. The topological polar surface area (TPSA) is 93.7 Å². The summed E-state index contributed by atoms with van der Waals surface area (Å²) in [4.78, 5) is 36.3. The van der Waals surface area contributed by atoms with Crippen LogP contribution in [0.25, 0.3) is 6.08 Å². The zero-order valence-electron chi connectivity index (χ0n) is 17.1. The largest absolute Gasteiger partial charge is 0.497 e. The third-order valence-corrected chi connectivity index (χ3v) is 4.39. The average Bonchev–Trinajstić information content (AvgIpc) is 2.75. The Morgan fingerprint density at radius 2 is 1.77 bits per heavy atom. The van der Waals surface area contributed by atoms with Crippen LogP contribution in [0.4, 0.5) is 10.1 Å². The molecule has 2 rings (SSSR count). The van der Waals surface area contributed by atoms with Gasteiger partial charge in [0.2, 0.25) is 5.91 Å². The fourth-order valence-corrected chi connectivity index (χ4v) is 2.54. The molecule has 0 unspecified atom stereocenters. The lowest BCUT2D eigenvalue weighted by Crippen LogP contribution is -2.41. The van der Waals surface area contributed by atoms with Crippen LogP contribution in [0.2, 0.25) is 5.02 Å². The van der Waals surface area contributed by atoms with Gasteiger partial charge in [-0.25, -0.2) is 9.18 Å². The van der Waals surface area contributed by atoms with Gasteiger partial charge in [-0.15, -0.1) is 0 Å². The third kappa shape index (κ3) is 7.42. The Morgan fingerprint density at radius 3 is 2.39 bits per heavy atom. The van der Waals surface area contributed by atoms with E-state index in [-0.39, 0.29) is 10.7 Å². The van der Waals surface area contributed by atoms with E-state index in [9.17, 15) is 18.8 Å². The molecule has 0 heterocycles. The van der Waals surface area contributed by atoms with Crippen molar-refractivity contribution in [2.75, 3.05) is 12.4 Å². The third-order valence-electron chi connectivity index (χ3n) is 4.10. The first-order valence-electron chi connectivity index (χ1n) is 9.28. The first-order valence-corrected chi connectivity index (χ1v) is 9.66. The van der Waals surface area contributed by atoms with Gasteiger partial charge in [0, 0.05) is 11.8 Å². The predicted octanol–water partition coefficient (Wildman–Crippen LogP) is 3.58. The molecule has 164 valence electrons. The van der Waals surface area contributed by atoms with E-state index in [2.05, 4.69) is 10.6 Å². The quantitative estimate of drug-likeness (QED) is 0.475. The second-order valence-electron chi connectivity index (χ2n) is 6.53. The van der Waals surface area contributed by atoms with Gasteiger partial charge < -0.3 is 20.1 Å². The number of esters is 1. The summed E-state index contributed by atoms with van der Waals surface area (Å²) in [5.41, 5.74) is 1.03. The predicted molar refractivity (Wildman–Crippen MR) is 115 cm³/mol. The first kappa shape index (κ1) is 23.9. The summed E-state index contributed by atoms with van der Waals surface area (Å²) in [7, 11) is 1.56. The van der Waals surface area contributed by atoms with Gasteiger partial charge in [0.05, 0.1) is 12.1 Å². The Hall–Kier alpha value is -3.39. The minimum Gasteiger partial charge on any atom is -0.497 e. The van der Waals surface area contributed by atoms with Crippen LogP contribution in [0.5, 0.6) is 5.75 Å². The maximum atomic E-state index is 13.2. The van der Waals surface area contributed by atoms with Crippen molar-refractivity contribution in [3.8, 4) is 5.75 Å². The monoisotopic (exact) mass is 448 g/mol. The Kier molecular flexibility index (Phi) is 8.57. The number of carbonyl (C=O) groups is 3. The zero-order chi connectivity index (χ0) is 23.0. The summed E-state index contributed by atoms with van der Waals surface area (Å²) in [6.45, 7) is 2.81. The van der Waals surface area contributed by atoms with E-state index in [4.69, 9.17) is 21.1 Å². The van der Waals surface area contributed by atoms with Crippen molar-refractivity contribution in [3.63, 3.8) is 0 Å². The van der Waals surface area contributed by atoms with Crippen molar-refractivity contribution in [2.45, 2.75) is 26.0 Å². The van der Waals surface area contributed by atoms with Gasteiger partial charge in [0.1, 0.15) is 17.6 Å². The maximum absolute atomic E-state index is 13.2. The number of amides is 2. The summed E-state index contributed by atoms with van der Waals surface area (Å²) >= 11 is 5.67. The number of hydrogen-bond donors (Lipinski definition) is 2. The standard InChI is InChI=1S/C22H22ClFN2O5/c1-13(25-20(27)11-6-15-4-8-17(30-3)9-5-15)22(29)31-14(2)21(28)26-16-7-10-19(24)18(23)12-16/h4-14H,1-3H3,(H,25,27)(H,26,28)/b11-6+/t13-,14+/m1/s1. The number of halogens is 2. The van der Waals surface area contributed by atoms with Gasteiger partial charge >= 0.3 is 5.97 Å². The number of nitrogens with one attached hydrogen (secondary N) is 2. The normalized spacial score (nSPS) is 12.7. The SMILES string of the molecule is COc1ccc(/C=C/C(=O)N[C@H](C)C(=O)O[C@@H](C)C(=O)Nc2ccc(F)c(Cl)c2)cc1. The molecule has 0 aliphatic heterocycles. The molecule has 2 amide bonds. The number of hydrogen-bond acceptors (Lipinski definition) is 5. The molecule has 31 heavy (non-hydrogen) atoms. The van der Waals surface area contributed by atoms with Crippen LogP contribution in [0, 0.1) is 5.82 Å². The van der Waals surface area contributed by atoms with E-state index in [1.165, 1.54) is 32.1 Å². The Labute approximate surface area is 184 Å². The highest BCUT2D eigenvalue weighted by Crippen LogP contribution is 2.19. The summed E-state index contributed by atoms with van der Waals surface area (Å²) in [5.74, 6) is -1.85. The zero-order valence-corrected chi connectivity index (χ0v) is 17.9. The minimum absolute atomic E-state index is 0.151. The van der Waals surface area contributed by atoms with Crippen molar-refractivity contribution >= 4 is 41.1 Å². The van der Waals surface area contributed by atoms with E-state index < -0.39 is 35.7 Å². The van der Waals surface area contributed by atoms with Crippen molar-refractivity contribution in [2.24, 2.45) is 0 Å². The van der Waals surface area contributed by atoms with Crippen molar-refractivity contribution in [1.82, 2.24) is 5.32 Å². The highest BCUT2D eigenvalue weighted by Gasteiger charge is 2.23. The van der Waals surface area contributed by atoms with E-state index in [0.717, 1.165) is 11.6 Å². The Bertz CT molecular complexity index is 978. The van der Waals surface area contributed by atoms with Crippen LogP contribution in [-0.4, -0.2) is 37.0 Å². The van der Waals surface area contributed by atoms with Crippen LogP contribution in [0.1, 0.15) is 19.4 Å². The summed E-state index contributed by atoms with van der Waals surface area (Å²) in [6.07, 6.45) is 1.71. The van der Waals surface area contributed by atoms with Gasteiger partial charge in [-0.1, -0.05) is 23.7 Å². The van der Waals surface area contributed by atoms with Gasteiger partial charge in [0.25, 0.3) is 5.91 Å². The van der Waals surface area contributed by atoms with Gasteiger partial charge in [-0.05, 0) is 55.8 Å². The van der Waals surface area contributed by atoms with Crippen LogP contribution >= 0.6 is 11.6 Å². The lowest BCUT2D eigenvalue weighted by atomic mass is 10.2. The number of benzene rings is 2. The van der Waals surface area contributed by atoms with Crippen LogP contribution in [0.15, 0.2) is 48.5 Å². The second-order valence-corrected chi connectivity index (χ2v) is 6.94. The van der Waals surface area contributed by atoms with Crippen molar-refractivity contribution in [1.29, 1.82) is 0 Å². The first-order chi connectivity index (χ1) is 14.7. The fraction of sp³-hybridized carbons (Fsp3) is 0.227. The lowest BCUT2D eigenvalue weighted by Gasteiger charge is -2.17. The highest BCUT2D eigenvalue weighted by molar-refractivity contribution is 6.31. The average molecular weight is 449 g/mol. The molecular weight excluding hydrogens is 427 g/mol. The van der Waals surface area contributed by atoms with E-state index in [1.807, 2.05) is 0 Å². The molecule has 2 atom stereocenters. The van der Waals surface area contributed by atoms with Crippen molar-refractivity contribution in [3.05, 3.63) is 64.9 Å². The number of ether oxygens (including phenoxy) is 2. The smallest absolute Gasteiger partial charge is 0.329 e. The molecule has 0 saturated carbocycles. The number of anilines is 1. The van der Waals surface area contributed by atoms with Gasteiger partial charge in [-0.3, -0.25) is 9.59 Å². The van der Waals surface area contributed by atoms with Crippen LogP contribution < -0.4 is 15.4 Å². The minimum atomic E-state index is -1.15. The number of methoxy groups -OCH3 is 1. The molecule has 2 aromatic rings. The molecule has 0 radical (unpaired) electrons. The summed E-state index contributed by atoms with van der Waals surface area (Å²) in [5, 5.41) is 4.78. The van der Waals surface area contributed by atoms with Crippen LogP contribution in [-0.2, 0) is 19.1 Å². The highest BCUT2D eigenvalue weighted by atomic mass is 35.5. The molecule has 9 heteroatoms. The van der Waals surface area contributed by atoms with E-state index in [1.54, 1.807) is 37.5 Å².